The van der Waals surface area contributed by atoms with Gasteiger partial charge in [-0.3, -0.25) is 0 Å². The lowest BCUT2D eigenvalue weighted by Crippen LogP contribution is -1.90. The minimum Gasteiger partial charge on any atom is -0.143 e. The molecule has 0 atom stereocenters. The molecule has 1 rings (SSSR count). The molecular weight excluding hydrogens is 192 g/mol. The van der Waals surface area contributed by atoms with E-state index >= 15 is 0 Å². The highest BCUT2D eigenvalue weighted by atomic mass is 32.2. The molecule has 0 aliphatic heterocycles. The van der Waals surface area contributed by atoms with Crippen LogP contribution < -0.4 is 0 Å². The molecule has 1 aromatic carbocycles. The molecule has 0 radical (unpaired) electrons. The monoisotopic (exact) mass is 200 g/mol. The third-order valence-corrected chi connectivity index (χ3v) is 3.01. The Balaban J connectivity index is 3.03. The number of thioether (sulfide) groups is 1. The molecule has 0 fully saturated rings. The predicted molar refractivity (Wildman–Crippen MR) is 58.9 cm³/mol. The summed E-state index contributed by atoms with van der Waals surface area (Å²) in [4.78, 5) is 0.951. The van der Waals surface area contributed by atoms with Crippen molar-refractivity contribution in [3.8, 4) is 0 Å². The molecule has 0 bridgehead atoms. The average Bonchev–Trinajstić information content (AvgIpc) is 2.04. The molecule has 0 heterocycles. The summed E-state index contributed by atoms with van der Waals surface area (Å²) < 4.78 is 0.899. The summed E-state index contributed by atoms with van der Waals surface area (Å²) in [6, 6.07) is 7.86. The van der Waals surface area contributed by atoms with Crippen LogP contribution in [-0.2, 0) is 0 Å². The van der Waals surface area contributed by atoms with Gasteiger partial charge in [0.15, 0.2) is 0 Å². The molecule has 3 heteroatoms. The van der Waals surface area contributed by atoms with Crippen LogP contribution in [0, 0.1) is 0 Å². The molecular formula is C8H8S3. The first kappa shape index (κ1) is 9.10. The van der Waals surface area contributed by atoms with Crippen molar-refractivity contribution in [3.63, 3.8) is 0 Å². The SMILES string of the molecule is CSC(=S)c1ccccc1S. The number of rotatable bonds is 1. The van der Waals surface area contributed by atoms with Gasteiger partial charge in [-0.25, -0.2) is 0 Å². The second-order valence-electron chi connectivity index (χ2n) is 2.01. The van der Waals surface area contributed by atoms with Crippen molar-refractivity contribution in [2.45, 2.75) is 4.90 Å². The maximum atomic E-state index is 5.12. The van der Waals surface area contributed by atoms with Crippen LogP contribution >= 0.6 is 36.6 Å². The van der Waals surface area contributed by atoms with Gasteiger partial charge in [0, 0.05) is 10.5 Å². The molecule has 0 aliphatic rings. The van der Waals surface area contributed by atoms with E-state index in [1.165, 1.54) is 0 Å². The summed E-state index contributed by atoms with van der Waals surface area (Å²) in [5.41, 5.74) is 1.05. The molecule has 0 aliphatic carbocycles. The van der Waals surface area contributed by atoms with Crippen LogP contribution in [0.3, 0.4) is 0 Å². The number of hydrogen-bond donors (Lipinski definition) is 1. The summed E-state index contributed by atoms with van der Waals surface area (Å²) >= 11 is 11.0. The standard InChI is InChI=1S/C8H8S3/c1-11-8(10)6-4-2-3-5-7(6)9/h2-5,9H,1H3. The zero-order valence-corrected chi connectivity index (χ0v) is 8.60. The Bertz CT molecular complexity index is 268. The lowest BCUT2D eigenvalue weighted by molar-refractivity contribution is 1.45. The van der Waals surface area contributed by atoms with Crippen LogP contribution in [0.5, 0.6) is 0 Å². The molecule has 0 saturated heterocycles. The minimum absolute atomic E-state index is 0.899. The van der Waals surface area contributed by atoms with Gasteiger partial charge in [0.25, 0.3) is 0 Å². The van der Waals surface area contributed by atoms with E-state index in [4.69, 9.17) is 12.2 Å². The third-order valence-electron chi connectivity index (χ3n) is 1.31. The smallest absolute Gasteiger partial charge is 0.0786 e. The maximum absolute atomic E-state index is 5.12. The van der Waals surface area contributed by atoms with Crippen molar-refractivity contribution in [2.24, 2.45) is 0 Å². The van der Waals surface area contributed by atoms with Gasteiger partial charge in [0.2, 0.25) is 0 Å². The van der Waals surface area contributed by atoms with Crippen molar-refractivity contribution in [1.29, 1.82) is 0 Å². The molecule has 0 nitrogen and oxygen atoms in total. The van der Waals surface area contributed by atoms with E-state index in [9.17, 15) is 0 Å². The Morgan fingerprint density at radius 2 is 2.09 bits per heavy atom. The fourth-order valence-electron chi connectivity index (χ4n) is 0.756. The Labute approximate surface area is 81.8 Å². The fraction of sp³-hybridized carbons (Fsp3) is 0.125. The van der Waals surface area contributed by atoms with Gasteiger partial charge in [-0.05, 0) is 12.3 Å². The summed E-state index contributed by atoms with van der Waals surface area (Å²) in [7, 11) is 0. The number of thiocarbonyl (C=S) groups is 1. The van der Waals surface area contributed by atoms with Crippen LogP contribution in [-0.4, -0.2) is 10.5 Å². The van der Waals surface area contributed by atoms with Crippen LogP contribution in [0.1, 0.15) is 5.56 Å². The van der Waals surface area contributed by atoms with E-state index in [0.29, 0.717) is 0 Å². The van der Waals surface area contributed by atoms with Crippen LogP contribution in [0.25, 0.3) is 0 Å². The van der Waals surface area contributed by atoms with E-state index in [2.05, 4.69) is 12.6 Å². The summed E-state index contributed by atoms with van der Waals surface area (Å²) in [5, 5.41) is 0. The van der Waals surface area contributed by atoms with Crippen LogP contribution in [0.15, 0.2) is 29.2 Å². The molecule has 58 valence electrons. The van der Waals surface area contributed by atoms with Crippen molar-refractivity contribution in [2.75, 3.05) is 6.26 Å². The van der Waals surface area contributed by atoms with E-state index in [-0.39, 0.29) is 0 Å². The van der Waals surface area contributed by atoms with E-state index in [0.717, 1.165) is 14.7 Å². The topological polar surface area (TPSA) is 0 Å². The normalized spacial score (nSPS) is 9.64. The largest absolute Gasteiger partial charge is 0.143 e. The number of hydrogen-bond acceptors (Lipinski definition) is 3. The van der Waals surface area contributed by atoms with Gasteiger partial charge in [0.1, 0.15) is 0 Å². The van der Waals surface area contributed by atoms with Gasteiger partial charge < -0.3 is 0 Å². The predicted octanol–water partition coefficient (Wildman–Crippen LogP) is 3.01. The first-order valence-corrected chi connectivity index (χ1v) is 5.20. The van der Waals surface area contributed by atoms with Gasteiger partial charge in [-0.1, -0.05) is 30.4 Å². The minimum atomic E-state index is 0.899. The van der Waals surface area contributed by atoms with Crippen molar-refractivity contribution in [1.82, 2.24) is 0 Å². The first-order chi connectivity index (χ1) is 5.25. The Hall–Kier alpha value is 0.01000. The van der Waals surface area contributed by atoms with Gasteiger partial charge in [0.05, 0.1) is 4.20 Å². The average molecular weight is 200 g/mol. The number of benzene rings is 1. The highest BCUT2D eigenvalue weighted by Crippen LogP contribution is 2.18. The Morgan fingerprint density at radius 1 is 1.45 bits per heavy atom. The molecule has 0 N–H and O–H groups in total. The van der Waals surface area contributed by atoms with E-state index in [1.54, 1.807) is 11.8 Å². The fourth-order valence-corrected chi connectivity index (χ4v) is 1.76. The van der Waals surface area contributed by atoms with Gasteiger partial charge >= 0.3 is 0 Å². The second kappa shape index (κ2) is 4.14. The van der Waals surface area contributed by atoms with Crippen molar-refractivity contribution in [3.05, 3.63) is 29.8 Å². The second-order valence-corrected chi connectivity index (χ2v) is 3.97. The lowest BCUT2D eigenvalue weighted by Gasteiger charge is -2.02. The first-order valence-electron chi connectivity index (χ1n) is 3.12. The summed E-state index contributed by atoms with van der Waals surface area (Å²) in [6.45, 7) is 0. The Morgan fingerprint density at radius 3 is 2.64 bits per heavy atom. The molecule has 0 amide bonds. The molecule has 0 spiro atoms. The lowest BCUT2D eigenvalue weighted by atomic mass is 10.2. The molecule has 0 unspecified atom stereocenters. The van der Waals surface area contributed by atoms with E-state index in [1.807, 2.05) is 30.5 Å². The highest BCUT2D eigenvalue weighted by Gasteiger charge is 2.01. The van der Waals surface area contributed by atoms with Crippen molar-refractivity contribution >= 4 is 40.8 Å². The Kier molecular flexibility index (Phi) is 3.43. The zero-order valence-electron chi connectivity index (χ0n) is 6.07. The molecule has 11 heavy (non-hydrogen) atoms. The molecule has 1 aromatic rings. The summed E-state index contributed by atoms with van der Waals surface area (Å²) in [6.07, 6.45) is 1.97. The number of thiol groups is 1. The van der Waals surface area contributed by atoms with Gasteiger partial charge in [-0.2, -0.15) is 0 Å². The zero-order chi connectivity index (χ0) is 8.27. The van der Waals surface area contributed by atoms with Crippen molar-refractivity contribution < 1.29 is 0 Å². The molecule has 0 saturated carbocycles. The van der Waals surface area contributed by atoms with Gasteiger partial charge in [-0.15, -0.1) is 24.4 Å². The summed E-state index contributed by atoms with van der Waals surface area (Å²) in [5.74, 6) is 0. The van der Waals surface area contributed by atoms with E-state index < -0.39 is 0 Å². The highest BCUT2D eigenvalue weighted by molar-refractivity contribution is 8.23. The third kappa shape index (κ3) is 2.22. The molecule has 0 aromatic heterocycles. The van der Waals surface area contributed by atoms with Crippen LogP contribution in [0.4, 0.5) is 0 Å². The van der Waals surface area contributed by atoms with Crippen LogP contribution in [0.2, 0.25) is 0 Å². The quantitative estimate of drug-likeness (QED) is 0.546. The maximum Gasteiger partial charge on any atom is 0.0786 e.